The van der Waals surface area contributed by atoms with E-state index in [0.717, 1.165) is 11.8 Å². The Morgan fingerprint density at radius 3 is 2.33 bits per heavy atom. The molecule has 1 saturated carbocycles. The number of rotatable bonds is 4. The summed E-state index contributed by atoms with van der Waals surface area (Å²) < 4.78 is 0. The van der Waals surface area contributed by atoms with E-state index in [0.29, 0.717) is 12.1 Å². The summed E-state index contributed by atoms with van der Waals surface area (Å²) in [5, 5.41) is 3.88. The third-order valence-electron chi connectivity index (χ3n) is 4.77. The van der Waals surface area contributed by atoms with Gasteiger partial charge in [0.05, 0.1) is 0 Å². The van der Waals surface area contributed by atoms with Gasteiger partial charge in [0.25, 0.3) is 0 Å². The minimum absolute atomic E-state index is 0.517. The zero-order chi connectivity index (χ0) is 13.1. The summed E-state index contributed by atoms with van der Waals surface area (Å²) in [4.78, 5) is 0. The van der Waals surface area contributed by atoms with Gasteiger partial charge in [0.1, 0.15) is 0 Å². The predicted octanol–water partition coefficient (Wildman–Crippen LogP) is 4.47. The van der Waals surface area contributed by atoms with Crippen molar-refractivity contribution < 1.29 is 0 Å². The van der Waals surface area contributed by atoms with Crippen molar-refractivity contribution in [2.45, 2.75) is 59.0 Å². The molecule has 0 aromatic heterocycles. The van der Waals surface area contributed by atoms with E-state index >= 15 is 0 Å². The van der Waals surface area contributed by atoms with Crippen LogP contribution in [0.15, 0.2) is 24.3 Å². The topological polar surface area (TPSA) is 12.0 Å². The predicted molar refractivity (Wildman–Crippen MR) is 78.7 cm³/mol. The Morgan fingerprint density at radius 2 is 1.83 bits per heavy atom. The SMILES string of the molecule is CCC(NC1CCC(C)C1C)c1ccc(C)cc1. The van der Waals surface area contributed by atoms with E-state index < -0.39 is 0 Å². The summed E-state index contributed by atoms with van der Waals surface area (Å²) >= 11 is 0. The summed E-state index contributed by atoms with van der Waals surface area (Å²) in [6.45, 7) is 9.22. The van der Waals surface area contributed by atoms with Crippen molar-refractivity contribution in [2.24, 2.45) is 11.8 Å². The summed E-state index contributed by atoms with van der Waals surface area (Å²) in [5.74, 6) is 1.68. The molecular weight excluding hydrogens is 218 g/mol. The summed E-state index contributed by atoms with van der Waals surface area (Å²) in [6.07, 6.45) is 3.88. The maximum atomic E-state index is 3.88. The van der Waals surface area contributed by atoms with Crippen molar-refractivity contribution in [3.8, 4) is 0 Å². The number of nitrogens with one attached hydrogen (secondary N) is 1. The van der Waals surface area contributed by atoms with Crippen LogP contribution in [0.3, 0.4) is 0 Å². The molecule has 1 aromatic rings. The first-order chi connectivity index (χ1) is 8.61. The van der Waals surface area contributed by atoms with Crippen LogP contribution in [0.1, 0.15) is 57.2 Å². The highest BCUT2D eigenvalue weighted by atomic mass is 15.0. The molecular formula is C17H27N. The van der Waals surface area contributed by atoms with Crippen LogP contribution in [-0.4, -0.2) is 6.04 Å². The molecule has 1 fully saturated rings. The second-order valence-electron chi connectivity index (χ2n) is 6.06. The Bertz CT molecular complexity index is 368. The van der Waals surface area contributed by atoms with Crippen LogP contribution in [0, 0.1) is 18.8 Å². The highest BCUT2D eigenvalue weighted by Crippen LogP contribution is 2.33. The first-order valence-corrected chi connectivity index (χ1v) is 7.44. The van der Waals surface area contributed by atoms with Gasteiger partial charge in [0.15, 0.2) is 0 Å². The second-order valence-corrected chi connectivity index (χ2v) is 6.06. The van der Waals surface area contributed by atoms with Crippen molar-refractivity contribution in [3.05, 3.63) is 35.4 Å². The standard InChI is InChI=1S/C17H27N/c1-5-16(15-9-6-12(2)7-10-15)18-17-11-8-13(3)14(17)4/h6-7,9-10,13-14,16-18H,5,8,11H2,1-4H3. The zero-order valence-electron chi connectivity index (χ0n) is 12.2. The third-order valence-corrected chi connectivity index (χ3v) is 4.77. The average Bonchev–Trinajstić information content (AvgIpc) is 2.69. The second kappa shape index (κ2) is 5.88. The molecule has 0 radical (unpaired) electrons. The van der Waals surface area contributed by atoms with Gasteiger partial charge in [0.2, 0.25) is 0 Å². The summed E-state index contributed by atoms with van der Waals surface area (Å²) in [6, 6.07) is 10.2. The lowest BCUT2D eigenvalue weighted by molar-refractivity contribution is 0.335. The molecule has 1 nitrogen and oxygen atoms in total. The van der Waals surface area contributed by atoms with Gasteiger partial charge in [-0.1, -0.05) is 50.6 Å². The molecule has 0 saturated heterocycles. The minimum Gasteiger partial charge on any atom is -0.307 e. The molecule has 0 aliphatic heterocycles. The highest BCUT2D eigenvalue weighted by Gasteiger charge is 2.30. The van der Waals surface area contributed by atoms with Crippen molar-refractivity contribution in [1.82, 2.24) is 5.32 Å². The fourth-order valence-electron chi connectivity index (χ4n) is 3.11. The fourth-order valence-corrected chi connectivity index (χ4v) is 3.11. The van der Waals surface area contributed by atoms with Crippen molar-refractivity contribution in [3.63, 3.8) is 0 Å². The lowest BCUT2D eigenvalue weighted by Crippen LogP contribution is -2.35. The Morgan fingerprint density at radius 1 is 1.17 bits per heavy atom. The number of benzene rings is 1. The van der Waals surface area contributed by atoms with Crippen LogP contribution < -0.4 is 5.32 Å². The van der Waals surface area contributed by atoms with E-state index in [-0.39, 0.29) is 0 Å². The third kappa shape index (κ3) is 2.95. The average molecular weight is 245 g/mol. The van der Waals surface area contributed by atoms with E-state index in [1.807, 2.05) is 0 Å². The minimum atomic E-state index is 0.517. The molecule has 0 spiro atoms. The molecule has 1 N–H and O–H groups in total. The number of aryl methyl sites for hydroxylation is 1. The van der Waals surface area contributed by atoms with Crippen LogP contribution in [0.5, 0.6) is 0 Å². The van der Waals surface area contributed by atoms with E-state index in [1.165, 1.54) is 30.4 Å². The molecule has 0 amide bonds. The summed E-state index contributed by atoms with van der Waals surface area (Å²) in [5.41, 5.74) is 2.78. The van der Waals surface area contributed by atoms with Crippen LogP contribution in [0.2, 0.25) is 0 Å². The van der Waals surface area contributed by atoms with Crippen LogP contribution in [-0.2, 0) is 0 Å². The monoisotopic (exact) mass is 245 g/mol. The first kappa shape index (κ1) is 13.6. The number of hydrogen-bond acceptors (Lipinski definition) is 1. The molecule has 1 aliphatic carbocycles. The lowest BCUT2D eigenvalue weighted by atomic mass is 9.95. The van der Waals surface area contributed by atoms with E-state index in [4.69, 9.17) is 0 Å². The van der Waals surface area contributed by atoms with Gasteiger partial charge in [-0.15, -0.1) is 0 Å². The fraction of sp³-hybridized carbons (Fsp3) is 0.647. The Labute approximate surface area is 112 Å². The maximum Gasteiger partial charge on any atom is 0.0320 e. The van der Waals surface area contributed by atoms with Gasteiger partial charge in [0, 0.05) is 12.1 Å². The van der Waals surface area contributed by atoms with Gasteiger partial charge in [-0.25, -0.2) is 0 Å². The first-order valence-electron chi connectivity index (χ1n) is 7.44. The molecule has 1 aliphatic rings. The number of hydrogen-bond donors (Lipinski definition) is 1. The normalized spacial score (nSPS) is 29.4. The quantitative estimate of drug-likeness (QED) is 0.825. The van der Waals surface area contributed by atoms with Crippen LogP contribution in [0.4, 0.5) is 0 Å². The molecule has 100 valence electrons. The van der Waals surface area contributed by atoms with E-state index in [2.05, 4.69) is 57.3 Å². The smallest absolute Gasteiger partial charge is 0.0320 e. The molecule has 2 rings (SSSR count). The van der Waals surface area contributed by atoms with Gasteiger partial charge in [-0.2, -0.15) is 0 Å². The van der Waals surface area contributed by atoms with Crippen LogP contribution >= 0.6 is 0 Å². The molecule has 4 atom stereocenters. The molecule has 18 heavy (non-hydrogen) atoms. The van der Waals surface area contributed by atoms with E-state index in [1.54, 1.807) is 0 Å². The largest absolute Gasteiger partial charge is 0.307 e. The Balaban J connectivity index is 2.03. The van der Waals surface area contributed by atoms with Gasteiger partial charge in [-0.3, -0.25) is 0 Å². The van der Waals surface area contributed by atoms with E-state index in [9.17, 15) is 0 Å². The van der Waals surface area contributed by atoms with Crippen molar-refractivity contribution >= 4 is 0 Å². The Hall–Kier alpha value is -0.820. The molecule has 4 unspecified atom stereocenters. The van der Waals surface area contributed by atoms with Crippen LogP contribution in [0.25, 0.3) is 0 Å². The van der Waals surface area contributed by atoms with Crippen molar-refractivity contribution in [2.75, 3.05) is 0 Å². The van der Waals surface area contributed by atoms with Gasteiger partial charge < -0.3 is 5.32 Å². The lowest BCUT2D eigenvalue weighted by Gasteiger charge is -2.26. The zero-order valence-corrected chi connectivity index (χ0v) is 12.2. The molecule has 1 heteroatoms. The van der Waals surface area contributed by atoms with Gasteiger partial charge >= 0.3 is 0 Å². The molecule has 1 aromatic carbocycles. The summed E-state index contributed by atoms with van der Waals surface area (Å²) in [7, 11) is 0. The molecule has 0 bridgehead atoms. The highest BCUT2D eigenvalue weighted by molar-refractivity contribution is 5.24. The molecule has 0 heterocycles. The van der Waals surface area contributed by atoms with Gasteiger partial charge in [-0.05, 0) is 43.6 Å². The van der Waals surface area contributed by atoms with Crippen molar-refractivity contribution in [1.29, 1.82) is 0 Å². The Kier molecular flexibility index (Phi) is 4.45. The maximum absolute atomic E-state index is 3.88.